The molecule has 2 aliphatic heterocycles. The summed E-state index contributed by atoms with van der Waals surface area (Å²) in [6, 6.07) is 10.8. The SMILES string of the molecule is O=S1(=O)NC(=NCCCOc2cc(CN3CCCCC3)ccn2)Nc2ccccc21. The van der Waals surface area contributed by atoms with E-state index in [-0.39, 0.29) is 10.9 Å². The number of likely N-dealkylation sites (tertiary alicyclic amines) is 1. The zero-order valence-corrected chi connectivity index (χ0v) is 17.7. The number of anilines is 1. The van der Waals surface area contributed by atoms with Crippen molar-refractivity contribution >= 4 is 21.7 Å². The summed E-state index contributed by atoms with van der Waals surface area (Å²) in [7, 11) is -3.58. The zero-order valence-electron chi connectivity index (χ0n) is 16.9. The van der Waals surface area contributed by atoms with Crippen molar-refractivity contribution in [1.29, 1.82) is 0 Å². The van der Waals surface area contributed by atoms with Crippen molar-refractivity contribution < 1.29 is 13.2 Å². The van der Waals surface area contributed by atoms with Gasteiger partial charge in [-0.05, 0) is 49.7 Å². The van der Waals surface area contributed by atoms with Crippen LogP contribution in [0.1, 0.15) is 31.2 Å². The van der Waals surface area contributed by atoms with Crippen LogP contribution in [0.4, 0.5) is 5.69 Å². The van der Waals surface area contributed by atoms with Gasteiger partial charge in [-0.3, -0.25) is 9.89 Å². The summed E-state index contributed by atoms with van der Waals surface area (Å²) in [5.74, 6) is 0.845. The van der Waals surface area contributed by atoms with Crippen LogP contribution in [0, 0.1) is 0 Å². The number of fused-ring (bicyclic) bond motifs is 1. The molecule has 8 nitrogen and oxygen atoms in total. The summed E-state index contributed by atoms with van der Waals surface area (Å²) in [6.45, 7) is 4.13. The van der Waals surface area contributed by atoms with Crippen LogP contribution in [0.25, 0.3) is 0 Å². The fourth-order valence-corrected chi connectivity index (χ4v) is 4.79. The lowest BCUT2D eigenvalue weighted by Crippen LogP contribution is -2.40. The Morgan fingerprint density at radius 2 is 1.97 bits per heavy atom. The van der Waals surface area contributed by atoms with E-state index in [0.29, 0.717) is 31.1 Å². The van der Waals surface area contributed by atoms with Crippen molar-refractivity contribution in [3.05, 3.63) is 48.2 Å². The third-order valence-corrected chi connectivity index (χ3v) is 6.53. The van der Waals surface area contributed by atoms with Gasteiger partial charge in [0, 0.05) is 31.8 Å². The van der Waals surface area contributed by atoms with E-state index in [0.717, 1.165) is 19.6 Å². The first kappa shape index (κ1) is 20.6. The maximum atomic E-state index is 12.3. The van der Waals surface area contributed by atoms with Gasteiger partial charge in [0.1, 0.15) is 4.90 Å². The van der Waals surface area contributed by atoms with Crippen LogP contribution < -0.4 is 14.8 Å². The number of para-hydroxylation sites is 1. The van der Waals surface area contributed by atoms with E-state index in [4.69, 9.17) is 4.74 Å². The van der Waals surface area contributed by atoms with Crippen LogP contribution in [0.5, 0.6) is 5.88 Å². The minimum atomic E-state index is -3.58. The summed E-state index contributed by atoms with van der Waals surface area (Å²) >= 11 is 0. The number of guanidine groups is 1. The highest BCUT2D eigenvalue weighted by atomic mass is 32.2. The number of aliphatic imine (C=N–C) groups is 1. The Morgan fingerprint density at radius 3 is 2.83 bits per heavy atom. The number of hydrogen-bond acceptors (Lipinski definition) is 6. The van der Waals surface area contributed by atoms with E-state index in [1.165, 1.54) is 24.8 Å². The minimum Gasteiger partial charge on any atom is -0.478 e. The molecule has 4 rings (SSSR count). The average molecular weight is 430 g/mol. The van der Waals surface area contributed by atoms with E-state index in [1.807, 2.05) is 12.1 Å². The van der Waals surface area contributed by atoms with Gasteiger partial charge in [0.2, 0.25) is 11.8 Å². The summed E-state index contributed by atoms with van der Waals surface area (Å²) in [5, 5.41) is 3.01. The smallest absolute Gasteiger partial charge is 0.266 e. The third kappa shape index (κ3) is 5.28. The van der Waals surface area contributed by atoms with Crippen molar-refractivity contribution in [2.45, 2.75) is 37.1 Å². The molecule has 1 saturated heterocycles. The number of rotatable bonds is 7. The lowest BCUT2D eigenvalue weighted by Gasteiger charge is -2.26. The minimum absolute atomic E-state index is 0.225. The highest BCUT2D eigenvalue weighted by Gasteiger charge is 2.25. The van der Waals surface area contributed by atoms with Crippen molar-refractivity contribution in [1.82, 2.24) is 14.6 Å². The number of pyridine rings is 1. The Balaban J connectivity index is 1.25. The van der Waals surface area contributed by atoms with Gasteiger partial charge in [0.25, 0.3) is 10.0 Å². The number of piperidine rings is 1. The molecule has 0 atom stereocenters. The second-order valence-corrected chi connectivity index (χ2v) is 9.15. The number of nitrogens with one attached hydrogen (secondary N) is 2. The summed E-state index contributed by atoms with van der Waals surface area (Å²) in [4.78, 5) is 11.3. The Morgan fingerprint density at radius 1 is 1.13 bits per heavy atom. The molecule has 0 spiro atoms. The van der Waals surface area contributed by atoms with Gasteiger partial charge in [0.05, 0.1) is 12.3 Å². The van der Waals surface area contributed by atoms with Crippen molar-refractivity contribution in [3.8, 4) is 5.88 Å². The number of sulfonamides is 1. The average Bonchev–Trinajstić information content (AvgIpc) is 2.74. The summed E-state index contributed by atoms with van der Waals surface area (Å²) < 4.78 is 32.7. The fraction of sp³-hybridized carbons (Fsp3) is 0.429. The number of ether oxygens (including phenoxy) is 1. The molecule has 0 aliphatic carbocycles. The first-order chi connectivity index (χ1) is 14.6. The fourth-order valence-electron chi connectivity index (χ4n) is 3.65. The highest BCUT2D eigenvalue weighted by molar-refractivity contribution is 7.90. The Kier molecular flexibility index (Phi) is 6.49. The van der Waals surface area contributed by atoms with E-state index < -0.39 is 10.0 Å². The summed E-state index contributed by atoms with van der Waals surface area (Å²) in [5.41, 5.74) is 1.74. The largest absolute Gasteiger partial charge is 0.478 e. The first-order valence-electron chi connectivity index (χ1n) is 10.3. The van der Waals surface area contributed by atoms with Gasteiger partial charge in [-0.1, -0.05) is 18.6 Å². The standard InChI is InChI=1S/C21H27N5O3S/c27-30(28)19-8-3-2-7-18(19)24-21(25-30)23-10-6-14-29-20-15-17(9-11-22-20)16-26-12-4-1-5-13-26/h2-3,7-9,11,15H,1,4-6,10,12-14,16H2,(H2,23,24,25). The molecule has 0 bridgehead atoms. The molecule has 0 unspecified atom stereocenters. The Hall–Kier alpha value is -2.65. The molecule has 9 heteroatoms. The summed E-state index contributed by atoms with van der Waals surface area (Å²) in [6.07, 6.45) is 6.30. The predicted molar refractivity (Wildman–Crippen MR) is 116 cm³/mol. The molecule has 3 heterocycles. The van der Waals surface area contributed by atoms with Crippen LogP contribution in [0.15, 0.2) is 52.5 Å². The Labute approximate surface area is 177 Å². The van der Waals surface area contributed by atoms with E-state index in [2.05, 4.69) is 24.9 Å². The number of benzene rings is 1. The van der Waals surface area contributed by atoms with Crippen LogP contribution in [0.2, 0.25) is 0 Å². The predicted octanol–water partition coefficient (Wildman–Crippen LogP) is 2.60. The van der Waals surface area contributed by atoms with Gasteiger partial charge in [0.15, 0.2) is 0 Å². The molecule has 1 aromatic carbocycles. The first-order valence-corrected chi connectivity index (χ1v) is 11.8. The topological polar surface area (TPSA) is 95.9 Å². The van der Waals surface area contributed by atoms with Gasteiger partial charge in [-0.2, -0.15) is 0 Å². The molecule has 0 radical (unpaired) electrons. The van der Waals surface area contributed by atoms with Crippen LogP contribution in [-0.4, -0.2) is 50.5 Å². The molecule has 0 saturated carbocycles. The van der Waals surface area contributed by atoms with Gasteiger partial charge in [-0.25, -0.2) is 18.1 Å². The molecular formula is C21H27N5O3S. The van der Waals surface area contributed by atoms with Crippen molar-refractivity contribution in [3.63, 3.8) is 0 Å². The van der Waals surface area contributed by atoms with E-state index in [1.54, 1.807) is 30.5 Å². The van der Waals surface area contributed by atoms with E-state index >= 15 is 0 Å². The second-order valence-electron chi connectivity index (χ2n) is 7.50. The normalized spacial score (nSPS) is 19.5. The molecule has 160 valence electrons. The molecule has 1 fully saturated rings. The molecule has 2 aromatic rings. The number of nitrogens with zero attached hydrogens (tertiary/aromatic N) is 3. The third-order valence-electron chi connectivity index (χ3n) is 5.14. The molecular weight excluding hydrogens is 402 g/mol. The van der Waals surface area contributed by atoms with Gasteiger partial charge >= 0.3 is 0 Å². The maximum absolute atomic E-state index is 12.3. The molecule has 30 heavy (non-hydrogen) atoms. The van der Waals surface area contributed by atoms with E-state index in [9.17, 15) is 8.42 Å². The van der Waals surface area contributed by atoms with Crippen LogP contribution in [0.3, 0.4) is 0 Å². The zero-order chi connectivity index (χ0) is 20.8. The lowest BCUT2D eigenvalue weighted by atomic mass is 10.1. The van der Waals surface area contributed by atoms with Gasteiger partial charge < -0.3 is 10.1 Å². The quantitative estimate of drug-likeness (QED) is 0.657. The highest BCUT2D eigenvalue weighted by Crippen LogP contribution is 2.23. The lowest BCUT2D eigenvalue weighted by molar-refractivity contribution is 0.220. The maximum Gasteiger partial charge on any atom is 0.266 e. The Bertz CT molecular complexity index is 1000. The van der Waals surface area contributed by atoms with Crippen LogP contribution in [-0.2, 0) is 16.6 Å². The molecule has 0 amide bonds. The second kappa shape index (κ2) is 9.44. The monoisotopic (exact) mass is 429 g/mol. The molecule has 2 N–H and O–H groups in total. The molecule has 1 aromatic heterocycles. The molecule has 2 aliphatic rings. The number of aromatic nitrogens is 1. The number of hydrogen-bond donors (Lipinski definition) is 2. The van der Waals surface area contributed by atoms with Crippen molar-refractivity contribution in [2.75, 3.05) is 31.6 Å². The van der Waals surface area contributed by atoms with Crippen LogP contribution >= 0.6 is 0 Å². The van der Waals surface area contributed by atoms with Gasteiger partial charge in [-0.15, -0.1) is 0 Å². The van der Waals surface area contributed by atoms with Crippen molar-refractivity contribution in [2.24, 2.45) is 4.99 Å².